The number of carboxylic acids is 4. The first kappa shape index (κ1) is 15.2. The molecule has 4 N–H and O–H groups in total. The van der Waals surface area contributed by atoms with E-state index in [1.165, 1.54) is 0 Å². The molecule has 0 atom stereocenters. The number of alkyl halides is 2. The molecule has 0 aliphatic rings. The van der Waals surface area contributed by atoms with Gasteiger partial charge in [0.05, 0.1) is 0 Å². The van der Waals surface area contributed by atoms with Crippen molar-refractivity contribution < 1.29 is 48.4 Å². The number of aliphatic carboxylic acids is 4. The molecule has 86 valence electrons. The number of carboxylic acid groups (broad SMARTS) is 4. The molecule has 0 unspecified atom stereocenters. The van der Waals surface area contributed by atoms with Gasteiger partial charge in [-0.25, -0.2) is 19.2 Å². The average Bonchev–Trinajstić information content (AvgIpc) is 2.04. The summed E-state index contributed by atoms with van der Waals surface area (Å²) in [6.07, 6.45) is 0. The Hall–Kier alpha value is -2.26. The van der Waals surface area contributed by atoms with Crippen molar-refractivity contribution in [2.24, 2.45) is 0 Å². The highest BCUT2D eigenvalue weighted by molar-refractivity contribution is 6.27. The molecule has 10 heteroatoms. The van der Waals surface area contributed by atoms with Crippen LogP contribution in [0.1, 0.15) is 0 Å². The fourth-order valence-corrected chi connectivity index (χ4v) is 0.0915. The second-order valence-corrected chi connectivity index (χ2v) is 1.80. The maximum absolute atomic E-state index is 11.5. The van der Waals surface area contributed by atoms with Crippen LogP contribution in [-0.4, -0.2) is 50.2 Å². The molecule has 0 radical (unpaired) electrons. The third kappa shape index (κ3) is 5.90. The van der Waals surface area contributed by atoms with E-state index >= 15 is 0 Å². The minimum absolute atomic E-state index is 1.82. The van der Waals surface area contributed by atoms with Crippen LogP contribution in [0.25, 0.3) is 0 Å². The molecule has 0 aromatic carbocycles. The molecule has 8 nitrogen and oxygen atoms in total. The van der Waals surface area contributed by atoms with E-state index < -0.39 is 29.8 Å². The van der Waals surface area contributed by atoms with Gasteiger partial charge in [-0.15, -0.1) is 0 Å². The van der Waals surface area contributed by atoms with Crippen LogP contribution in [0.2, 0.25) is 0 Å². The van der Waals surface area contributed by atoms with Gasteiger partial charge in [0, 0.05) is 0 Å². The van der Waals surface area contributed by atoms with E-state index in [2.05, 4.69) is 0 Å². The van der Waals surface area contributed by atoms with Gasteiger partial charge >= 0.3 is 29.8 Å². The topological polar surface area (TPSA) is 149 Å². The molecule has 0 bridgehead atoms. The van der Waals surface area contributed by atoms with Crippen LogP contribution in [0.15, 0.2) is 0 Å². The van der Waals surface area contributed by atoms with Crippen molar-refractivity contribution in [1.29, 1.82) is 0 Å². The first-order valence-corrected chi connectivity index (χ1v) is 2.84. The van der Waals surface area contributed by atoms with Crippen LogP contribution in [0.4, 0.5) is 8.78 Å². The first-order chi connectivity index (χ1) is 6.53. The molecule has 0 saturated carbocycles. The van der Waals surface area contributed by atoms with Gasteiger partial charge in [-0.2, -0.15) is 8.78 Å². The zero-order chi connectivity index (χ0) is 12.8. The van der Waals surface area contributed by atoms with Gasteiger partial charge in [0.2, 0.25) is 0 Å². The molecule has 0 aliphatic carbocycles. The zero-order valence-electron chi connectivity index (χ0n) is 6.68. The summed E-state index contributed by atoms with van der Waals surface area (Å²) in [6, 6.07) is 0. The van der Waals surface area contributed by atoms with Gasteiger partial charge in [-0.1, -0.05) is 0 Å². The quantitative estimate of drug-likeness (QED) is 0.346. The van der Waals surface area contributed by atoms with Gasteiger partial charge in [0.25, 0.3) is 0 Å². The number of rotatable bonds is 2. The maximum Gasteiger partial charge on any atom is 0.436 e. The van der Waals surface area contributed by atoms with Crippen LogP contribution in [0, 0.1) is 0 Å². The number of halogens is 2. The summed E-state index contributed by atoms with van der Waals surface area (Å²) in [6.45, 7) is 0. The molecule has 0 spiro atoms. The smallest absolute Gasteiger partial charge is 0.436 e. The Morgan fingerprint density at radius 2 is 0.933 bits per heavy atom. The summed E-state index contributed by atoms with van der Waals surface area (Å²) in [5.74, 6) is -13.6. The largest absolute Gasteiger partial charge is 0.476 e. The van der Waals surface area contributed by atoms with Crippen LogP contribution < -0.4 is 0 Å². The van der Waals surface area contributed by atoms with Crippen LogP contribution in [-0.2, 0) is 19.2 Å². The van der Waals surface area contributed by atoms with E-state index in [0.29, 0.717) is 0 Å². The Kier molecular flexibility index (Phi) is 5.55. The summed E-state index contributed by atoms with van der Waals surface area (Å²) in [7, 11) is 0. The predicted molar refractivity (Wildman–Crippen MR) is 35.5 cm³/mol. The fraction of sp³-hybridized carbons (Fsp3) is 0.200. The highest BCUT2D eigenvalue weighted by Crippen LogP contribution is 2.12. The number of carbonyl (C=O) groups is 4. The van der Waals surface area contributed by atoms with E-state index in [1.54, 1.807) is 0 Å². The molecule has 0 rings (SSSR count). The van der Waals surface area contributed by atoms with Crippen molar-refractivity contribution in [3.8, 4) is 0 Å². The van der Waals surface area contributed by atoms with Crippen molar-refractivity contribution in [3.63, 3.8) is 0 Å². The van der Waals surface area contributed by atoms with Crippen molar-refractivity contribution in [1.82, 2.24) is 0 Å². The minimum Gasteiger partial charge on any atom is -0.476 e. The molecule has 0 heterocycles. The molecular weight excluding hydrogens is 226 g/mol. The summed E-state index contributed by atoms with van der Waals surface area (Å²) in [5.41, 5.74) is 0. The minimum atomic E-state index is -4.67. The lowest BCUT2D eigenvalue weighted by Crippen LogP contribution is -2.37. The standard InChI is InChI=1S/C3H2F2O4.C2H2O4/c4-3(5,1(6)7)2(8)9;3-1(4)2(5)6/h(H,6,7)(H,8,9);(H,3,4)(H,5,6). The monoisotopic (exact) mass is 230 g/mol. The molecule has 15 heavy (non-hydrogen) atoms. The normalized spacial score (nSPS) is 9.47. The molecule has 0 amide bonds. The molecule has 0 saturated heterocycles. The SMILES string of the molecule is O=C(O)C(=O)O.O=C(O)C(F)(F)C(=O)O. The van der Waals surface area contributed by atoms with Crippen LogP contribution >= 0.6 is 0 Å². The third-order valence-electron chi connectivity index (χ3n) is 0.720. The molecule has 0 aromatic heterocycles. The fourth-order valence-electron chi connectivity index (χ4n) is 0.0915. The van der Waals surface area contributed by atoms with Gasteiger partial charge < -0.3 is 20.4 Å². The van der Waals surface area contributed by atoms with Crippen molar-refractivity contribution in [3.05, 3.63) is 0 Å². The molecule has 0 aromatic rings. The van der Waals surface area contributed by atoms with E-state index in [-0.39, 0.29) is 0 Å². The van der Waals surface area contributed by atoms with E-state index in [4.69, 9.17) is 30.0 Å². The van der Waals surface area contributed by atoms with Crippen molar-refractivity contribution >= 4 is 23.9 Å². The highest BCUT2D eigenvalue weighted by Gasteiger charge is 2.47. The lowest BCUT2D eigenvalue weighted by Gasteiger charge is -2.01. The summed E-state index contributed by atoms with van der Waals surface area (Å²) < 4.78 is 22.9. The summed E-state index contributed by atoms with van der Waals surface area (Å²) in [5, 5.41) is 29.7. The maximum atomic E-state index is 11.5. The van der Waals surface area contributed by atoms with Gasteiger partial charge in [-0.3, -0.25) is 0 Å². The summed E-state index contributed by atoms with van der Waals surface area (Å²) >= 11 is 0. The van der Waals surface area contributed by atoms with Crippen LogP contribution in [0.5, 0.6) is 0 Å². The van der Waals surface area contributed by atoms with Gasteiger partial charge in [-0.05, 0) is 0 Å². The lowest BCUT2D eigenvalue weighted by atomic mass is 10.3. The lowest BCUT2D eigenvalue weighted by molar-refractivity contribution is -0.182. The summed E-state index contributed by atoms with van der Waals surface area (Å²) in [4.78, 5) is 36.9. The molecular formula is C5H4F2O8. The van der Waals surface area contributed by atoms with Crippen LogP contribution in [0.3, 0.4) is 0 Å². The van der Waals surface area contributed by atoms with E-state index in [1.807, 2.05) is 0 Å². The molecule has 0 fully saturated rings. The number of hydrogen-bond acceptors (Lipinski definition) is 4. The number of hydrogen-bond donors (Lipinski definition) is 4. The van der Waals surface area contributed by atoms with Gasteiger partial charge in [0.1, 0.15) is 0 Å². The highest BCUT2D eigenvalue weighted by atomic mass is 19.3. The zero-order valence-corrected chi connectivity index (χ0v) is 6.68. The third-order valence-corrected chi connectivity index (χ3v) is 0.720. The molecule has 0 aliphatic heterocycles. The Bertz CT molecular complexity index is 267. The second-order valence-electron chi connectivity index (χ2n) is 1.80. The Morgan fingerprint density at radius 1 is 0.733 bits per heavy atom. The van der Waals surface area contributed by atoms with Gasteiger partial charge in [0.15, 0.2) is 0 Å². The Balaban J connectivity index is 0. The van der Waals surface area contributed by atoms with Crippen molar-refractivity contribution in [2.75, 3.05) is 0 Å². The first-order valence-electron chi connectivity index (χ1n) is 2.84. The second kappa shape index (κ2) is 5.47. The Labute approximate surface area is 79.4 Å². The predicted octanol–water partition coefficient (Wildman–Crippen LogP) is -1.05. The van der Waals surface area contributed by atoms with Crippen molar-refractivity contribution in [2.45, 2.75) is 5.92 Å². The Morgan fingerprint density at radius 3 is 0.933 bits per heavy atom. The van der Waals surface area contributed by atoms with E-state index in [0.717, 1.165) is 0 Å². The average molecular weight is 230 g/mol. The van der Waals surface area contributed by atoms with E-state index in [9.17, 15) is 18.4 Å².